The van der Waals surface area contributed by atoms with E-state index < -0.39 is 15.8 Å². The van der Waals surface area contributed by atoms with E-state index in [1.54, 1.807) is 0 Å². The highest BCUT2D eigenvalue weighted by Crippen LogP contribution is 2.26. The van der Waals surface area contributed by atoms with E-state index in [-0.39, 0.29) is 17.6 Å². The van der Waals surface area contributed by atoms with Crippen LogP contribution in [-0.2, 0) is 14.8 Å². The third-order valence-corrected chi connectivity index (χ3v) is 4.39. The molecule has 0 bridgehead atoms. The fourth-order valence-electron chi connectivity index (χ4n) is 2.40. The van der Waals surface area contributed by atoms with Gasteiger partial charge < -0.3 is 14.7 Å². The van der Waals surface area contributed by atoms with Gasteiger partial charge in [-0.05, 0) is 31.0 Å². The van der Waals surface area contributed by atoms with Crippen molar-refractivity contribution in [3.8, 4) is 0 Å². The van der Waals surface area contributed by atoms with Crippen LogP contribution in [0.15, 0.2) is 23.1 Å². The van der Waals surface area contributed by atoms with Crippen LogP contribution in [0.1, 0.15) is 12.8 Å². The van der Waals surface area contributed by atoms with Crippen LogP contribution in [0.4, 0.5) is 10.1 Å². The van der Waals surface area contributed by atoms with Crippen LogP contribution >= 0.6 is 0 Å². The first kappa shape index (κ1) is 16.2. The van der Waals surface area contributed by atoms with Crippen molar-refractivity contribution in [2.24, 2.45) is 5.14 Å². The zero-order chi connectivity index (χ0) is 15.5. The topological polar surface area (TPSA) is 92.9 Å². The number of piperidine rings is 1. The smallest absolute Gasteiger partial charge is 0.238 e. The fourth-order valence-corrected chi connectivity index (χ4v) is 2.93. The maximum Gasteiger partial charge on any atom is 0.238 e. The fraction of sp³-hybridized carbons (Fsp3) is 0.538. The molecule has 0 aromatic heterocycles. The van der Waals surface area contributed by atoms with Gasteiger partial charge in [0.05, 0.1) is 29.9 Å². The van der Waals surface area contributed by atoms with Crippen LogP contribution in [0, 0.1) is 5.82 Å². The number of nitrogens with zero attached hydrogens (tertiary/aromatic N) is 1. The number of rotatable bonds is 5. The van der Waals surface area contributed by atoms with E-state index in [0.717, 1.165) is 18.9 Å². The molecule has 21 heavy (non-hydrogen) atoms. The Morgan fingerprint density at radius 3 is 2.57 bits per heavy atom. The maximum absolute atomic E-state index is 14.0. The van der Waals surface area contributed by atoms with Gasteiger partial charge in [0, 0.05) is 13.1 Å². The molecule has 1 fully saturated rings. The number of ether oxygens (including phenoxy) is 1. The van der Waals surface area contributed by atoms with Crippen molar-refractivity contribution in [3.05, 3.63) is 24.0 Å². The largest absolute Gasteiger partial charge is 0.394 e. The molecule has 0 spiro atoms. The van der Waals surface area contributed by atoms with Gasteiger partial charge in [0.15, 0.2) is 0 Å². The number of hydrogen-bond acceptors (Lipinski definition) is 5. The van der Waals surface area contributed by atoms with Gasteiger partial charge in [0.1, 0.15) is 5.82 Å². The monoisotopic (exact) mass is 318 g/mol. The van der Waals surface area contributed by atoms with Crippen LogP contribution in [0.25, 0.3) is 0 Å². The maximum atomic E-state index is 14.0. The molecular formula is C13H19FN2O4S. The van der Waals surface area contributed by atoms with E-state index in [9.17, 15) is 12.8 Å². The highest BCUT2D eigenvalue weighted by atomic mass is 32.2. The zero-order valence-electron chi connectivity index (χ0n) is 11.5. The second-order valence-electron chi connectivity index (χ2n) is 4.94. The molecule has 1 saturated heterocycles. The van der Waals surface area contributed by atoms with Crippen molar-refractivity contribution in [1.29, 1.82) is 0 Å². The lowest BCUT2D eigenvalue weighted by molar-refractivity contribution is 0.0158. The molecule has 2 rings (SSSR count). The highest BCUT2D eigenvalue weighted by Gasteiger charge is 2.22. The standard InChI is InChI=1S/C13H19FN2O4S/c14-12-9-11(21(15,18)19)1-2-13(12)16-5-3-10(4-6-16)20-8-7-17/h1-2,9-10,17H,3-8H2,(H2,15,18,19). The lowest BCUT2D eigenvalue weighted by atomic mass is 10.1. The van der Waals surface area contributed by atoms with Gasteiger partial charge in [-0.1, -0.05) is 0 Å². The summed E-state index contributed by atoms with van der Waals surface area (Å²) in [6, 6.07) is 3.69. The van der Waals surface area contributed by atoms with Crippen molar-refractivity contribution in [2.45, 2.75) is 23.8 Å². The number of aliphatic hydroxyl groups is 1. The predicted molar refractivity (Wildman–Crippen MR) is 76.0 cm³/mol. The summed E-state index contributed by atoms with van der Waals surface area (Å²) < 4.78 is 41.8. The van der Waals surface area contributed by atoms with E-state index >= 15 is 0 Å². The molecule has 0 unspecified atom stereocenters. The first-order valence-electron chi connectivity index (χ1n) is 6.71. The average molecular weight is 318 g/mol. The van der Waals surface area contributed by atoms with Crippen LogP contribution < -0.4 is 10.0 Å². The Morgan fingerprint density at radius 2 is 2.05 bits per heavy atom. The number of halogens is 1. The van der Waals surface area contributed by atoms with E-state index in [1.807, 2.05) is 4.90 Å². The number of nitrogens with two attached hydrogens (primary N) is 1. The van der Waals surface area contributed by atoms with Gasteiger partial charge in [0.2, 0.25) is 10.0 Å². The minimum absolute atomic E-state index is 0.0101. The van der Waals surface area contributed by atoms with E-state index in [1.165, 1.54) is 12.1 Å². The van der Waals surface area contributed by atoms with Crippen LogP contribution in [0.3, 0.4) is 0 Å². The third kappa shape index (κ3) is 4.13. The molecule has 0 amide bonds. The minimum Gasteiger partial charge on any atom is -0.394 e. The quantitative estimate of drug-likeness (QED) is 0.822. The Hall–Kier alpha value is -1.22. The lowest BCUT2D eigenvalue weighted by Crippen LogP contribution is -2.37. The molecule has 1 aromatic carbocycles. The first-order chi connectivity index (χ1) is 9.91. The summed E-state index contributed by atoms with van der Waals surface area (Å²) in [5.41, 5.74) is 0.364. The lowest BCUT2D eigenvalue weighted by Gasteiger charge is -2.33. The van der Waals surface area contributed by atoms with Gasteiger partial charge in [-0.3, -0.25) is 0 Å². The number of primary sulfonamides is 1. The third-order valence-electron chi connectivity index (χ3n) is 3.48. The molecule has 1 aromatic rings. The van der Waals surface area contributed by atoms with Gasteiger partial charge in [-0.2, -0.15) is 0 Å². The molecule has 8 heteroatoms. The number of sulfonamides is 1. The summed E-state index contributed by atoms with van der Waals surface area (Å²) >= 11 is 0. The highest BCUT2D eigenvalue weighted by molar-refractivity contribution is 7.89. The number of benzene rings is 1. The van der Waals surface area contributed by atoms with Crippen molar-refractivity contribution in [3.63, 3.8) is 0 Å². The molecule has 118 valence electrons. The first-order valence-corrected chi connectivity index (χ1v) is 8.26. The molecule has 0 saturated carbocycles. The van der Waals surface area contributed by atoms with Crippen molar-refractivity contribution >= 4 is 15.7 Å². The van der Waals surface area contributed by atoms with Crippen molar-refractivity contribution in [1.82, 2.24) is 0 Å². The van der Waals surface area contributed by atoms with E-state index in [2.05, 4.69) is 0 Å². The van der Waals surface area contributed by atoms with Gasteiger partial charge in [-0.15, -0.1) is 0 Å². The molecule has 1 aliphatic heterocycles. The number of anilines is 1. The average Bonchev–Trinajstić information content (AvgIpc) is 2.45. The molecule has 3 N–H and O–H groups in total. The predicted octanol–water partition coefficient (Wildman–Crippen LogP) is 0.451. The zero-order valence-corrected chi connectivity index (χ0v) is 12.4. The van der Waals surface area contributed by atoms with E-state index in [4.69, 9.17) is 15.0 Å². The molecule has 0 atom stereocenters. The Balaban J connectivity index is 2.04. The molecule has 0 radical (unpaired) electrons. The van der Waals surface area contributed by atoms with Crippen LogP contribution in [-0.4, -0.2) is 45.9 Å². The second-order valence-corrected chi connectivity index (χ2v) is 6.50. The Kier molecular flexibility index (Phi) is 5.15. The van der Waals surface area contributed by atoms with Crippen molar-refractivity contribution < 1.29 is 22.7 Å². The van der Waals surface area contributed by atoms with Gasteiger partial charge >= 0.3 is 0 Å². The Morgan fingerprint density at radius 1 is 1.38 bits per heavy atom. The molecule has 1 aliphatic rings. The second kappa shape index (κ2) is 6.69. The summed E-state index contributed by atoms with van der Waals surface area (Å²) in [6.45, 7) is 1.52. The Bertz CT molecular complexity index is 586. The Labute approximate surface area is 123 Å². The summed E-state index contributed by atoms with van der Waals surface area (Å²) in [5.74, 6) is -0.601. The van der Waals surface area contributed by atoms with E-state index in [0.29, 0.717) is 25.4 Å². The molecule has 1 heterocycles. The normalized spacial score (nSPS) is 17.2. The van der Waals surface area contributed by atoms with Crippen molar-refractivity contribution in [2.75, 3.05) is 31.2 Å². The van der Waals surface area contributed by atoms with Gasteiger partial charge in [-0.25, -0.2) is 17.9 Å². The van der Waals surface area contributed by atoms with Crippen LogP contribution in [0.2, 0.25) is 0 Å². The SMILES string of the molecule is NS(=O)(=O)c1ccc(N2CCC(OCCO)CC2)c(F)c1. The summed E-state index contributed by atoms with van der Waals surface area (Å²) in [6.07, 6.45) is 1.53. The minimum atomic E-state index is -3.89. The molecule has 6 nitrogen and oxygen atoms in total. The molecular weight excluding hydrogens is 299 g/mol. The number of aliphatic hydroxyl groups excluding tert-OH is 1. The number of hydrogen-bond donors (Lipinski definition) is 2. The molecule has 0 aliphatic carbocycles. The summed E-state index contributed by atoms with van der Waals surface area (Å²) in [5, 5.41) is 13.7. The summed E-state index contributed by atoms with van der Waals surface area (Å²) in [7, 11) is -3.89. The van der Waals surface area contributed by atoms with Gasteiger partial charge in [0.25, 0.3) is 0 Å². The van der Waals surface area contributed by atoms with Crippen LogP contribution in [0.5, 0.6) is 0 Å². The summed E-state index contributed by atoms with van der Waals surface area (Å²) in [4.78, 5) is 1.62.